The molecule has 5 fully saturated rings. The number of nitrogens with zero attached hydrogens (tertiary/aromatic N) is 2. The number of hydrogen-bond acceptors (Lipinski definition) is 5. The first-order chi connectivity index (χ1) is 43.6. The van der Waals surface area contributed by atoms with E-state index in [1.165, 1.54) is 51.4 Å². The topological polar surface area (TPSA) is 499 Å². The third-order valence-corrected chi connectivity index (χ3v) is 10.8. The molecule has 5 rings (SSSR count). The smallest absolute Gasteiger partial charge is 0.137 e. The molecular formula is C42H92I18N18O5Pt9. The minimum atomic E-state index is -1.40. The molecule has 1 saturated heterocycles. The number of aliphatic hydroxyl groups excluding tert-OH is 4. The second-order valence-corrected chi connectivity index (χ2v) is 166. The molecule has 13 atom stereocenters. The average Bonchev–Trinajstić information content (AvgIpc) is 1.01. The molecule has 1 aliphatic heterocycles. The third-order valence-electron chi connectivity index (χ3n) is 10.8. The van der Waals surface area contributed by atoms with Crippen LogP contribution in [-0.2, 0) is 106 Å². The van der Waals surface area contributed by atoms with Gasteiger partial charge in [0.2, 0.25) is 0 Å². The Morgan fingerprint density at radius 3 is 0.717 bits per heavy atom. The van der Waals surface area contributed by atoms with Crippen molar-refractivity contribution in [2.24, 2.45) is 11.8 Å². The molecule has 20 N–H and O–H groups in total. The Hall–Kier alpha value is 18.4. The Labute approximate surface area is 822 Å². The Kier molecular flexibility index (Phi) is 201. The molecule has 50 heteroatoms. The van der Waals surface area contributed by atoms with Crippen molar-refractivity contribution >= 4 is 348 Å². The molecule has 0 radical (unpaired) electrons. The van der Waals surface area contributed by atoms with Gasteiger partial charge in [-0.25, -0.2) is 0 Å². The van der Waals surface area contributed by atoms with E-state index in [2.05, 4.69) is 364 Å². The van der Waals surface area contributed by atoms with Gasteiger partial charge in [0.05, 0.1) is 12.7 Å². The average molecular weight is 4970 g/mol. The van der Waals surface area contributed by atoms with E-state index in [4.69, 9.17) is 107 Å². The van der Waals surface area contributed by atoms with Crippen LogP contribution in [-0.4, -0.2) is 180 Å². The summed E-state index contributed by atoms with van der Waals surface area (Å²) in [6.07, 6.45) is 11.6. The molecule has 23 nitrogen and oxygen atoms in total. The molecule has 1 heterocycles. The first-order valence-corrected chi connectivity index (χ1v) is 141. The van der Waals surface area contributed by atoms with E-state index in [0.29, 0.717) is 139 Å². The van der Waals surface area contributed by atoms with E-state index in [1.54, 1.807) is 14.1 Å². The van der Waals surface area contributed by atoms with Crippen LogP contribution in [0.4, 0.5) is 0 Å². The molecule has 4 saturated carbocycles. The summed E-state index contributed by atoms with van der Waals surface area (Å²) in [4.78, 5) is 0. The summed E-state index contributed by atoms with van der Waals surface area (Å²) in [6, 6.07) is -2.79. The molecule has 0 aromatic rings. The van der Waals surface area contributed by atoms with E-state index in [1.807, 2.05) is 0 Å². The number of hydrogen-bond donors (Lipinski definition) is 4. The molecule has 4 aliphatic carbocycles. The molecule has 2 unspecified atom stereocenters. The fourth-order valence-corrected chi connectivity index (χ4v) is 6.05. The number of likely N-dealkylation sites (N-methyl/N-ethyl adjacent to an activating group) is 2. The molecule has 5 aliphatic rings. The molecule has 92 heavy (non-hydrogen) atoms. The maximum absolute atomic E-state index is 9.22. The van der Waals surface area contributed by atoms with Gasteiger partial charge in [-0.05, 0) is 0 Å². The Morgan fingerprint density at radius 1 is 0.391 bits per heavy atom. The van der Waals surface area contributed by atoms with Gasteiger partial charge in [0.1, 0.15) is 12.4 Å². The van der Waals surface area contributed by atoms with Crippen LogP contribution in [0.25, 0.3) is 102 Å². The Balaban J connectivity index is -0.0000000668. The number of ether oxygens (including phenoxy) is 1. The van der Waals surface area contributed by atoms with Crippen molar-refractivity contribution < 1.29 is 126 Å². The Bertz CT molecular complexity index is 1060. The maximum Gasteiger partial charge on any atom is 0.137 e. The molecular weight excluding hydrogens is 4880 g/mol. The first-order valence-electron chi connectivity index (χ1n) is 25.4. The van der Waals surface area contributed by atoms with Crippen molar-refractivity contribution in [3.8, 4) is 0 Å². The van der Waals surface area contributed by atoms with E-state index in [9.17, 15) is 5.11 Å². The van der Waals surface area contributed by atoms with E-state index >= 15 is 0 Å². The Morgan fingerprint density at radius 2 is 0.609 bits per heavy atom. The minimum absolute atomic E-state index is 0.0521. The number of aliphatic hydroxyl groups is 4. The van der Waals surface area contributed by atoms with Crippen LogP contribution in [0.2, 0.25) is 0 Å². The fraction of sp³-hybridized carbons (Fsp3) is 1.00. The number of nitrogens with one attached hydrogen (secondary N) is 16. The summed E-state index contributed by atoms with van der Waals surface area (Å²) in [7, 11) is 3.59. The number of halogens is 18. The third kappa shape index (κ3) is 135. The maximum atomic E-state index is 9.22. The summed E-state index contributed by atoms with van der Waals surface area (Å²) in [5, 5.41) is 42.8. The second-order valence-electron chi connectivity index (χ2n) is 16.7. The monoisotopic (exact) mass is 4970 g/mol. The normalized spacial score (nSPS) is 24.2. The van der Waals surface area contributed by atoms with Gasteiger partial charge in [-0.3, -0.25) is 0 Å². The van der Waals surface area contributed by atoms with E-state index in [0.717, 1.165) is 58.0 Å². The van der Waals surface area contributed by atoms with Crippen LogP contribution in [0.1, 0.15) is 96.3 Å². The second kappa shape index (κ2) is 133. The van der Waals surface area contributed by atoms with Crippen LogP contribution < -0.4 is 0 Å². The van der Waals surface area contributed by atoms with Gasteiger partial charge >= 0.3 is 449 Å². The molecule has 596 valence electrons. The predicted octanol–water partition coefficient (Wildman–Crippen LogP) is 28.2. The SMILES string of the molecule is C[N-]CC[N-]C.[I][Pt+2][I].[I][Pt+2][I].[I][Pt+2][I].[I][Pt+2][I].[I][Pt+2][I].[I][Pt+2][I].[I][Pt+2][I].[I][Pt+2][I].[I][Pt+2][I].[NH-]CC(O)C[NH-].[NH-]CCC[NH-].[NH-]CC[NH-].[NH-]C[C@@H]1CC[C@H]1C[NH-].[NH-][C@@H]1CCCC[C@@H]1[NH-].[NH-][C@@H]1CCCC[C@H]1[NH-].[NH-][C@H]1C(O)O[C@H](CO)C(O)[C@@H]1[NH-].[NH-][C@H]1CCCC[C@@H]1[NH-]. The molecule has 0 bridgehead atoms. The largest absolute Gasteiger partial charge is 0.679 e. The van der Waals surface area contributed by atoms with Crippen LogP contribution in [0.3, 0.4) is 0 Å². The zero-order valence-corrected chi connectivity index (χ0v) is 108. The van der Waals surface area contributed by atoms with Crippen molar-refractivity contribution in [3.05, 3.63) is 102 Å². The van der Waals surface area contributed by atoms with Gasteiger partial charge in [0.15, 0.2) is 0 Å². The summed E-state index contributed by atoms with van der Waals surface area (Å²) in [5.74, 6) is 1.15. The molecule has 0 amide bonds. The first kappa shape index (κ1) is 139. The molecule has 0 spiro atoms. The quantitative estimate of drug-likeness (QED) is 0.115. The molecule has 0 aromatic carbocycles. The van der Waals surface area contributed by atoms with Gasteiger partial charge in [-0.15, -0.1) is 38.3 Å². The van der Waals surface area contributed by atoms with Crippen molar-refractivity contribution in [2.45, 2.75) is 169 Å². The van der Waals surface area contributed by atoms with E-state index in [-0.39, 0.29) is 62.4 Å². The van der Waals surface area contributed by atoms with Crippen LogP contribution in [0.5, 0.6) is 0 Å². The van der Waals surface area contributed by atoms with Crippen molar-refractivity contribution in [1.29, 1.82) is 0 Å². The summed E-state index contributed by atoms with van der Waals surface area (Å²) in [5.41, 5.74) is 111. The fourth-order valence-electron chi connectivity index (χ4n) is 6.05. The predicted molar refractivity (Wildman–Crippen MR) is 525 cm³/mol. The van der Waals surface area contributed by atoms with Gasteiger partial charge in [-0.2, -0.15) is 89.6 Å². The number of rotatable bonds is 11. The van der Waals surface area contributed by atoms with Gasteiger partial charge in [0, 0.05) is 6.10 Å². The van der Waals surface area contributed by atoms with Gasteiger partial charge < -0.3 is 128 Å². The van der Waals surface area contributed by atoms with Crippen LogP contribution >= 0.6 is 348 Å². The minimum Gasteiger partial charge on any atom is -0.679 e. The van der Waals surface area contributed by atoms with Crippen LogP contribution in [0.15, 0.2) is 0 Å². The molecule has 0 aromatic heterocycles. The summed E-state index contributed by atoms with van der Waals surface area (Å²) < 4.78 is 4.68. The summed E-state index contributed by atoms with van der Waals surface area (Å²) >= 11 is 47.7. The van der Waals surface area contributed by atoms with Crippen LogP contribution in [0, 0.1) is 11.8 Å². The van der Waals surface area contributed by atoms with Crippen molar-refractivity contribution in [3.63, 3.8) is 0 Å². The van der Waals surface area contributed by atoms with Crippen molar-refractivity contribution in [1.82, 2.24) is 0 Å². The zero-order valence-electron chi connectivity index (χ0n) is 49.2. The van der Waals surface area contributed by atoms with Crippen molar-refractivity contribution in [2.75, 3.05) is 86.1 Å². The standard InChI is InChI=1S/C6H12N2O4.4C6H12N2.C4H10N2.C3H8N2O.C3H8N2.C2H6N2.18HI.9Pt/c7-3-4(8)6(11)12-2(1-9)5(3)10;7-3-5-1-2-6(5)4-8;3*7-5-3-1-2-4-6(5)8;1-5-3-4-6-2;4-1-3(6)2-5;4-2-1-3-5;3-1-2-4;;;;;;;;;;;;;;;;;;;;;;;;;;;/h2-11H,1H2;4*5-8H,1-4H2;3-4H2,1-2H3;3-6H,1-2H2;4-5H,1-3H2;3-4H,1-2H2;18*1H;;;;;;;;;/q9*-2;;;;;;;;;;;;;;;;;;;9*+4/p-18/t2-,3-,4-,5?,6?;5-,6-;5-,6+;2*5-,6-;;;;;;;;;;;;;;;;;;;;;;;;;;;;;;;/m10.10.............................../s1. The van der Waals surface area contributed by atoms with Gasteiger partial charge in [0.25, 0.3) is 0 Å². The van der Waals surface area contributed by atoms with Gasteiger partial charge in [-0.1, -0.05) is 108 Å². The summed E-state index contributed by atoms with van der Waals surface area (Å²) in [6.45, 7) is 3.56. The van der Waals surface area contributed by atoms with E-state index < -0.39 is 43.3 Å². The zero-order chi connectivity index (χ0) is 75.0.